The molecule has 0 N–H and O–H groups in total. The molecule has 0 fully saturated rings. The largest absolute Gasteiger partial charge is 0.264 e. The summed E-state index contributed by atoms with van der Waals surface area (Å²) in [7, 11) is 0.989. The molecule has 0 saturated carbocycles. The molecule has 6 heteroatoms. The zero-order valence-electron chi connectivity index (χ0n) is 8.90. The van der Waals surface area contributed by atoms with Crippen molar-refractivity contribution < 1.29 is 17.2 Å². The summed E-state index contributed by atoms with van der Waals surface area (Å²) in [5, 5.41) is 0. The first-order valence-electron chi connectivity index (χ1n) is 4.89. The molecule has 2 nitrogen and oxygen atoms in total. The predicted octanol–water partition coefficient (Wildman–Crippen LogP) is 3.56. The Labute approximate surface area is 107 Å². The number of benzene rings is 2. The summed E-state index contributed by atoms with van der Waals surface area (Å²) in [6, 6.07) is 8.80. The van der Waals surface area contributed by atoms with E-state index < -0.39 is 25.6 Å². The molecule has 2 aromatic rings. The zero-order chi connectivity index (χ0) is 13.3. The highest BCUT2D eigenvalue weighted by atomic mass is 35.7. The van der Waals surface area contributed by atoms with Gasteiger partial charge in [0.15, 0.2) is 0 Å². The molecule has 0 bridgehead atoms. The van der Waals surface area contributed by atoms with Gasteiger partial charge in [0.05, 0.1) is 0 Å². The molecule has 0 aliphatic carbocycles. The fourth-order valence-electron chi connectivity index (χ4n) is 1.61. The first-order valence-corrected chi connectivity index (χ1v) is 7.19. The van der Waals surface area contributed by atoms with Crippen molar-refractivity contribution in [2.24, 2.45) is 0 Å². The van der Waals surface area contributed by atoms with Crippen molar-refractivity contribution in [3.63, 3.8) is 0 Å². The van der Waals surface area contributed by atoms with Gasteiger partial charge in [0.1, 0.15) is 16.5 Å². The minimum absolute atomic E-state index is 0.102. The van der Waals surface area contributed by atoms with Gasteiger partial charge < -0.3 is 0 Å². The Bertz CT molecular complexity index is 682. The van der Waals surface area contributed by atoms with Crippen molar-refractivity contribution in [3.05, 3.63) is 54.1 Å². The van der Waals surface area contributed by atoms with E-state index in [9.17, 15) is 17.2 Å². The third kappa shape index (κ3) is 2.52. The van der Waals surface area contributed by atoms with E-state index in [1.807, 2.05) is 0 Å². The van der Waals surface area contributed by atoms with E-state index in [-0.39, 0.29) is 5.56 Å². The summed E-state index contributed by atoms with van der Waals surface area (Å²) in [6.45, 7) is 0. The Morgan fingerprint density at radius 2 is 1.56 bits per heavy atom. The van der Waals surface area contributed by atoms with Crippen molar-refractivity contribution in [2.75, 3.05) is 0 Å². The quantitative estimate of drug-likeness (QED) is 0.792. The van der Waals surface area contributed by atoms with Gasteiger partial charge >= 0.3 is 0 Å². The second kappa shape index (κ2) is 4.66. The van der Waals surface area contributed by atoms with Crippen LogP contribution >= 0.6 is 10.7 Å². The monoisotopic (exact) mass is 288 g/mol. The Balaban J connectivity index is 2.72. The zero-order valence-corrected chi connectivity index (χ0v) is 10.5. The van der Waals surface area contributed by atoms with Crippen molar-refractivity contribution in [1.29, 1.82) is 0 Å². The lowest BCUT2D eigenvalue weighted by Crippen LogP contribution is -1.98. The molecule has 0 radical (unpaired) electrons. The third-order valence-corrected chi connectivity index (χ3v) is 3.73. The van der Waals surface area contributed by atoms with Crippen LogP contribution in [0.5, 0.6) is 0 Å². The van der Waals surface area contributed by atoms with Gasteiger partial charge in [-0.25, -0.2) is 17.2 Å². The first-order chi connectivity index (χ1) is 8.39. The van der Waals surface area contributed by atoms with Crippen LogP contribution in [0.15, 0.2) is 47.4 Å². The van der Waals surface area contributed by atoms with Crippen LogP contribution in [-0.4, -0.2) is 8.42 Å². The Kier molecular flexibility index (Phi) is 3.36. The fraction of sp³-hybridized carbons (Fsp3) is 0. The van der Waals surface area contributed by atoms with E-state index >= 15 is 0 Å². The molecule has 0 spiro atoms. The van der Waals surface area contributed by atoms with Crippen molar-refractivity contribution >= 4 is 19.7 Å². The minimum atomic E-state index is -4.22. The highest BCUT2D eigenvalue weighted by molar-refractivity contribution is 8.13. The molecule has 0 atom stereocenters. The Morgan fingerprint density at radius 3 is 2.11 bits per heavy atom. The van der Waals surface area contributed by atoms with Gasteiger partial charge in [-0.05, 0) is 23.8 Å². The summed E-state index contributed by atoms with van der Waals surface area (Å²) < 4.78 is 49.1. The first kappa shape index (κ1) is 13.0. The lowest BCUT2D eigenvalue weighted by molar-refractivity contribution is 0.576. The maximum Gasteiger partial charge on any atom is 0.264 e. The Hall–Kier alpha value is -1.46. The van der Waals surface area contributed by atoms with Crippen LogP contribution < -0.4 is 0 Å². The molecular weight excluding hydrogens is 282 g/mol. The lowest BCUT2D eigenvalue weighted by atomic mass is 10.1. The summed E-state index contributed by atoms with van der Waals surface area (Å²) in [5.74, 6) is -1.41. The molecule has 94 valence electrons. The van der Waals surface area contributed by atoms with E-state index in [1.54, 1.807) is 0 Å². The number of hydrogen-bond acceptors (Lipinski definition) is 2. The van der Waals surface area contributed by atoms with Crippen molar-refractivity contribution in [2.45, 2.75) is 4.90 Å². The SMILES string of the molecule is O=S(=O)(Cl)c1c(F)cccc1-c1ccc(F)cc1. The second-order valence-corrected chi connectivity index (χ2v) is 6.06. The van der Waals surface area contributed by atoms with Crippen LogP contribution in [-0.2, 0) is 9.05 Å². The fourth-order valence-corrected chi connectivity index (χ4v) is 2.83. The molecule has 0 heterocycles. The second-order valence-electron chi connectivity index (χ2n) is 3.56. The summed E-state index contributed by atoms with van der Waals surface area (Å²) >= 11 is 0. The van der Waals surface area contributed by atoms with Crippen molar-refractivity contribution in [1.82, 2.24) is 0 Å². The molecule has 18 heavy (non-hydrogen) atoms. The summed E-state index contributed by atoms with van der Waals surface area (Å²) in [6.07, 6.45) is 0. The molecule has 0 unspecified atom stereocenters. The van der Waals surface area contributed by atoms with E-state index in [0.717, 1.165) is 18.2 Å². The van der Waals surface area contributed by atoms with E-state index in [4.69, 9.17) is 10.7 Å². The molecule has 0 aliphatic rings. The maximum atomic E-state index is 13.6. The smallest absolute Gasteiger partial charge is 0.207 e. The number of halogens is 3. The normalized spacial score (nSPS) is 11.5. The molecule has 0 aliphatic heterocycles. The van der Waals surface area contributed by atoms with Gasteiger partial charge in [-0.1, -0.05) is 24.3 Å². The van der Waals surface area contributed by atoms with E-state index in [2.05, 4.69) is 0 Å². The van der Waals surface area contributed by atoms with Gasteiger partial charge in [0.2, 0.25) is 0 Å². The average molecular weight is 289 g/mol. The van der Waals surface area contributed by atoms with Crippen LogP contribution in [0.4, 0.5) is 8.78 Å². The van der Waals surface area contributed by atoms with Gasteiger partial charge in [-0.3, -0.25) is 0 Å². The van der Waals surface area contributed by atoms with E-state index in [1.165, 1.54) is 24.3 Å². The van der Waals surface area contributed by atoms with Gasteiger partial charge in [0.25, 0.3) is 9.05 Å². The maximum absolute atomic E-state index is 13.6. The third-order valence-electron chi connectivity index (χ3n) is 2.37. The van der Waals surface area contributed by atoms with Gasteiger partial charge in [-0.2, -0.15) is 0 Å². The molecule has 0 amide bonds. The molecular formula is C12H7ClF2O2S. The lowest BCUT2D eigenvalue weighted by Gasteiger charge is -2.07. The topological polar surface area (TPSA) is 34.1 Å². The van der Waals surface area contributed by atoms with Crippen LogP contribution in [0.25, 0.3) is 11.1 Å². The summed E-state index contributed by atoms with van der Waals surface area (Å²) in [4.78, 5) is -0.599. The highest BCUT2D eigenvalue weighted by Gasteiger charge is 2.21. The van der Waals surface area contributed by atoms with Crippen LogP contribution in [0.3, 0.4) is 0 Å². The Morgan fingerprint density at radius 1 is 0.944 bits per heavy atom. The molecule has 0 saturated heterocycles. The summed E-state index contributed by atoms with van der Waals surface area (Å²) in [5.41, 5.74) is 0.472. The minimum Gasteiger partial charge on any atom is -0.207 e. The number of hydrogen-bond donors (Lipinski definition) is 0. The average Bonchev–Trinajstić information content (AvgIpc) is 2.28. The van der Waals surface area contributed by atoms with Gasteiger partial charge in [0, 0.05) is 16.2 Å². The predicted molar refractivity (Wildman–Crippen MR) is 64.8 cm³/mol. The van der Waals surface area contributed by atoms with E-state index in [0.29, 0.717) is 5.56 Å². The number of rotatable bonds is 2. The van der Waals surface area contributed by atoms with Gasteiger partial charge in [-0.15, -0.1) is 0 Å². The van der Waals surface area contributed by atoms with Crippen LogP contribution in [0.2, 0.25) is 0 Å². The van der Waals surface area contributed by atoms with Crippen LogP contribution in [0, 0.1) is 11.6 Å². The standard InChI is InChI=1S/C12H7ClF2O2S/c13-18(16,17)12-10(2-1-3-11(12)15)8-4-6-9(14)7-5-8/h1-7H. The molecule has 2 rings (SSSR count). The molecule has 2 aromatic carbocycles. The van der Waals surface area contributed by atoms with Crippen molar-refractivity contribution in [3.8, 4) is 11.1 Å². The van der Waals surface area contributed by atoms with Crippen LogP contribution in [0.1, 0.15) is 0 Å². The molecule has 0 aromatic heterocycles. The highest BCUT2D eigenvalue weighted by Crippen LogP contribution is 2.31.